The topological polar surface area (TPSA) is 59.2 Å². The fourth-order valence-electron chi connectivity index (χ4n) is 2.04. The molecule has 0 aliphatic heterocycles. The van der Waals surface area contributed by atoms with Crippen molar-refractivity contribution in [1.82, 2.24) is 9.88 Å². The standard InChI is InChI=1S/C13H19N3O/c1-9(14)13(17)16(11-6-7-11)10(2)12-5-3-4-8-15-12/h3-5,8-11H,6-7,14H2,1-2H3/t9-,10+/m0/s1. The SMILES string of the molecule is C[C@H](N)C(=O)N(C1CC1)[C@H](C)c1ccccn1. The van der Waals surface area contributed by atoms with Crippen molar-refractivity contribution in [3.05, 3.63) is 30.1 Å². The van der Waals surface area contributed by atoms with Crippen molar-refractivity contribution in [1.29, 1.82) is 0 Å². The summed E-state index contributed by atoms with van der Waals surface area (Å²) in [4.78, 5) is 18.3. The molecule has 0 radical (unpaired) electrons. The lowest BCUT2D eigenvalue weighted by Crippen LogP contribution is -2.44. The highest BCUT2D eigenvalue weighted by Gasteiger charge is 2.37. The van der Waals surface area contributed by atoms with E-state index in [1.165, 1.54) is 0 Å². The zero-order valence-corrected chi connectivity index (χ0v) is 10.3. The van der Waals surface area contributed by atoms with E-state index < -0.39 is 6.04 Å². The molecule has 1 aliphatic carbocycles. The van der Waals surface area contributed by atoms with Crippen LogP contribution in [0.3, 0.4) is 0 Å². The molecule has 0 aromatic carbocycles. The molecule has 1 heterocycles. The van der Waals surface area contributed by atoms with E-state index in [0.29, 0.717) is 6.04 Å². The molecule has 4 heteroatoms. The maximum Gasteiger partial charge on any atom is 0.240 e. The van der Waals surface area contributed by atoms with Gasteiger partial charge in [-0.1, -0.05) is 6.07 Å². The molecule has 1 aliphatic rings. The molecule has 0 saturated heterocycles. The lowest BCUT2D eigenvalue weighted by molar-refractivity contribution is -0.135. The van der Waals surface area contributed by atoms with Crippen LogP contribution in [0.2, 0.25) is 0 Å². The highest BCUT2D eigenvalue weighted by atomic mass is 16.2. The van der Waals surface area contributed by atoms with Gasteiger partial charge in [-0.2, -0.15) is 0 Å². The summed E-state index contributed by atoms with van der Waals surface area (Å²) in [6.07, 6.45) is 3.92. The second-order valence-electron chi connectivity index (χ2n) is 4.70. The van der Waals surface area contributed by atoms with E-state index in [0.717, 1.165) is 18.5 Å². The van der Waals surface area contributed by atoms with Crippen LogP contribution < -0.4 is 5.73 Å². The van der Waals surface area contributed by atoms with E-state index in [9.17, 15) is 4.79 Å². The first-order valence-electron chi connectivity index (χ1n) is 6.10. The summed E-state index contributed by atoms with van der Waals surface area (Å²) in [5, 5.41) is 0. The molecular weight excluding hydrogens is 214 g/mol. The number of carbonyl (C=O) groups excluding carboxylic acids is 1. The summed E-state index contributed by atoms with van der Waals surface area (Å²) < 4.78 is 0. The van der Waals surface area contributed by atoms with Gasteiger partial charge in [-0.25, -0.2) is 0 Å². The highest BCUT2D eigenvalue weighted by molar-refractivity contribution is 5.82. The van der Waals surface area contributed by atoms with Crippen molar-refractivity contribution in [2.75, 3.05) is 0 Å². The number of aromatic nitrogens is 1. The third-order valence-electron chi connectivity index (χ3n) is 3.12. The van der Waals surface area contributed by atoms with Gasteiger partial charge in [0.15, 0.2) is 0 Å². The molecule has 2 atom stereocenters. The molecule has 17 heavy (non-hydrogen) atoms. The van der Waals surface area contributed by atoms with Gasteiger partial charge in [0.05, 0.1) is 17.8 Å². The number of rotatable bonds is 4. The van der Waals surface area contributed by atoms with Gasteiger partial charge in [0, 0.05) is 12.2 Å². The average molecular weight is 233 g/mol. The van der Waals surface area contributed by atoms with Gasteiger partial charge >= 0.3 is 0 Å². The van der Waals surface area contributed by atoms with Crippen molar-refractivity contribution in [2.24, 2.45) is 5.73 Å². The smallest absolute Gasteiger partial charge is 0.240 e. The summed E-state index contributed by atoms with van der Waals surface area (Å²) in [7, 11) is 0. The van der Waals surface area contributed by atoms with Gasteiger partial charge in [-0.15, -0.1) is 0 Å². The number of hydrogen-bond donors (Lipinski definition) is 1. The van der Waals surface area contributed by atoms with Crippen LogP contribution in [0.4, 0.5) is 0 Å². The Hall–Kier alpha value is -1.42. The minimum absolute atomic E-state index is 0.00204. The third-order valence-corrected chi connectivity index (χ3v) is 3.12. The number of amides is 1. The number of carbonyl (C=O) groups is 1. The Balaban J connectivity index is 2.19. The fourth-order valence-corrected chi connectivity index (χ4v) is 2.04. The Morgan fingerprint density at radius 1 is 1.47 bits per heavy atom. The summed E-state index contributed by atoms with van der Waals surface area (Å²) in [6.45, 7) is 3.75. The molecular formula is C13H19N3O. The molecule has 92 valence electrons. The number of hydrogen-bond acceptors (Lipinski definition) is 3. The number of nitrogens with two attached hydrogens (primary N) is 1. The van der Waals surface area contributed by atoms with Gasteiger partial charge < -0.3 is 10.6 Å². The molecule has 0 bridgehead atoms. The lowest BCUT2D eigenvalue weighted by Gasteiger charge is -2.30. The van der Waals surface area contributed by atoms with Crippen LogP contribution in [0.5, 0.6) is 0 Å². The average Bonchev–Trinajstić information content (AvgIpc) is 3.14. The van der Waals surface area contributed by atoms with Crippen molar-refractivity contribution >= 4 is 5.91 Å². The molecule has 0 unspecified atom stereocenters. The lowest BCUT2D eigenvalue weighted by atomic mass is 10.1. The van der Waals surface area contributed by atoms with Crippen LogP contribution in [0, 0.1) is 0 Å². The van der Waals surface area contributed by atoms with E-state index in [2.05, 4.69) is 4.98 Å². The largest absolute Gasteiger partial charge is 0.330 e. The molecule has 2 rings (SSSR count). The van der Waals surface area contributed by atoms with Gasteiger partial charge in [0.1, 0.15) is 0 Å². The molecule has 0 spiro atoms. The fraction of sp³-hybridized carbons (Fsp3) is 0.538. The van der Waals surface area contributed by atoms with Gasteiger partial charge in [0.2, 0.25) is 5.91 Å². The summed E-state index contributed by atoms with van der Waals surface area (Å²) >= 11 is 0. The van der Waals surface area contributed by atoms with Gasteiger partial charge in [-0.05, 0) is 38.8 Å². The Morgan fingerprint density at radius 3 is 2.65 bits per heavy atom. The van der Waals surface area contributed by atoms with Crippen LogP contribution in [0.25, 0.3) is 0 Å². The van der Waals surface area contributed by atoms with E-state index in [4.69, 9.17) is 5.73 Å². The normalized spacial score (nSPS) is 18.5. The number of pyridine rings is 1. The molecule has 1 aromatic heterocycles. The predicted molar refractivity (Wildman–Crippen MR) is 66.2 cm³/mol. The van der Waals surface area contributed by atoms with Crippen LogP contribution in [-0.4, -0.2) is 27.9 Å². The predicted octanol–water partition coefficient (Wildman–Crippen LogP) is 1.48. The molecule has 2 N–H and O–H groups in total. The van der Waals surface area contributed by atoms with Crippen LogP contribution in [0.1, 0.15) is 38.4 Å². The van der Waals surface area contributed by atoms with Crippen LogP contribution in [0.15, 0.2) is 24.4 Å². The zero-order valence-electron chi connectivity index (χ0n) is 10.3. The van der Waals surface area contributed by atoms with Crippen molar-refractivity contribution in [3.63, 3.8) is 0 Å². The zero-order chi connectivity index (χ0) is 12.4. The molecule has 1 amide bonds. The molecule has 1 fully saturated rings. The van der Waals surface area contributed by atoms with Crippen molar-refractivity contribution < 1.29 is 4.79 Å². The summed E-state index contributed by atoms with van der Waals surface area (Å²) in [5.41, 5.74) is 6.63. The summed E-state index contributed by atoms with van der Waals surface area (Å²) in [5.74, 6) is 0.0191. The van der Waals surface area contributed by atoms with Gasteiger partial charge in [-0.3, -0.25) is 9.78 Å². The molecule has 1 aromatic rings. The Labute approximate surface area is 102 Å². The van der Waals surface area contributed by atoms with Crippen molar-refractivity contribution in [3.8, 4) is 0 Å². The van der Waals surface area contributed by atoms with Crippen LogP contribution >= 0.6 is 0 Å². The maximum atomic E-state index is 12.1. The van der Waals surface area contributed by atoms with E-state index in [-0.39, 0.29) is 11.9 Å². The van der Waals surface area contributed by atoms with Gasteiger partial charge in [0.25, 0.3) is 0 Å². The van der Waals surface area contributed by atoms with E-state index in [1.54, 1.807) is 13.1 Å². The van der Waals surface area contributed by atoms with Crippen LogP contribution in [-0.2, 0) is 4.79 Å². The summed E-state index contributed by atoms with van der Waals surface area (Å²) in [6, 6.07) is 5.69. The minimum atomic E-state index is -0.443. The first-order valence-corrected chi connectivity index (χ1v) is 6.10. The molecule has 1 saturated carbocycles. The number of nitrogens with zero attached hydrogens (tertiary/aromatic N) is 2. The maximum absolute atomic E-state index is 12.1. The second-order valence-corrected chi connectivity index (χ2v) is 4.70. The van der Waals surface area contributed by atoms with E-state index >= 15 is 0 Å². The Bertz CT molecular complexity index is 387. The second kappa shape index (κ2) is 4.84. The monoisotopic (exact) mass is 233 g/mol. The van der Waals surface area contributed by atoms with E-state index in [1.807, 2.05) is 30.0 Å². The first-order chi connectivity index (χ1) is 8.11. The minimum Gasteiger partial charge on any atom is -0.330 e. The van der Waals surface area contributed by atoms with Crippen molar-refractivity contribution in [2.45, 2.75) is 44.8 Å². The third kappa shape index (κ3) is 2.64. The quantitative estimate of drug-likeness (QED) is 0.857. The first kappa shape index (κ1) is 12.0. The highest BCUT2D eigenvalue weighted by Crippen LogP contribution is 2.34. The Morgan fingerprint density at radius 2 is 2.18 bits per heavy atom. The Kier molecular flexibility index (Phi) is 3.43. The molecule has 4 nitrogen and oxygen atoms in total.